The van der Waals surface area contributed by atoms with Crippen LogP contribution in [-0.4, -0.2) is 16.1 Å². The highest BCUT2D eigenvalue weighted by Gasteiger charge is 2.22. The number of rotatable bonds is 3. The molecule has 0 fully saturated rings. The zero-order valence-electron chi connectivity index (χ0n) is 11.5. The third-order valence-corrected chi connectivity index (χ3v) is 4.05. The van der Waals surface area contributed by atoms with Gasteiger partial charge in [0.25, 0.3) is 0 Å². The van der Waals surface area contributed by atoms with E-state index in [0.29, 0.717) is 12.5 Å². The molecule has 0 spiro atoms. The zero-order chi connectivity index (χ0) is 13.2. The van der Waals surface area contributed by atoms with E-state index in [0.717, 1.165) is 25.2 Å². The average Bonchev–Trinajstić information content (AvgIpc) is 2.82. The van der Waals surface area contributed by atoms with E-state index < -0.39 is 0 Å². The molecule has 100 valence electrons. The van der Waals surface area contributed by atoms with E-state index in [1.165, 1.54) is 23.2 Å². The van der Waals surface area contributed by atoms with Crippen molar-refractivity contribution < 1.29 is 0 Å². The molecule has 0 saturated heterocycles. The van der Waals surface area contributed by atoms with Gasteiger partial charge in [-0.25, -0.2) is 4.98 Å². The van der Waals surface area contributed by atoms with E-state index in [1.807, 2.05) is 6.20 Å². The van der Waals surface area contributed by atoms with Crippen LogP contribution in [0.3, 0.4) is 0 Å². The number of hydrogen-bond acceptors (Lipinski definition) is 2. The van der Waals surface area contributed by atoms with Gasteiger partial charge < -0.3 is 10.3 Å². The Kier molecular flexibility index (Phi) is 3.38. The van der Waals surface area contributed by atoms with Gasteiger partial charge in [0.05, 0.1) is 0 Å². The Morgan fingerprint density at radius 2 is 2.32 bits per heavy atom. The van der Waals surface area contributed by atoms with Crippen molar-refractivity contribution in [2.45, 2.75) is 38.6 Å². The molecule has 0 aliphatic carbocycles. The second-order valence-corrected chi connectivity index (χ2v) is 5.46. The minimum absolute atomic E-state index is 0.609. The first-order valence-corrected chi connectivity index (χ1v) is 7.08. The van der Waals surface area contributed by atoms with Gasteiger partial charge in [0.1, 0.15) is 5.82 Å². The maximum Gasteiger partial charge on any atom is 0.110 e. The molecule has 1 unspecified atom stereocenters. The van der Waals surface area contributed by atoms with Crippen LogP contribution in [0.2, 0.25) is 0 Å². The van der Waals surface area contributed by atoms with Crippen LogP contribution in [0.4, 0.5) is 0 Å². The van der Waals surface area contributed by atoms with Crippen molar-refractivity contribution in [2.24, 2.45) is 5.73 Å². The first-order valence-electron chi connectivity index (χ1n) is 7.08. The van der Waals surface area contributed by atoms with E-state index >= 15 is 0 Å². The van der Waals surface area contributed by atoms with Crippen LogP contribution in [0.25, 0.3) is 0 Å². The van der Waals surface area contributed by atoms with Crippen LogP contribution in [0.15, 0.2) is 30.5 Å². The number of aromatic nitrogens is 2. The van der Waals surface area contributed by atoms with Crippen LogP contribution >= 0.6 is 0 Å². The Morgan fingerprint density at radius 1 is 1.42 bits per heavy atom. The highest BCUT2D eigenvalue weighted by molar-refractivity contribution is 5.27. The molecule has 3 heteroatoms. The molecule has 0 bridgehead atoms. The Morgan fingerprint density at radius 3 is 3.11 bits per heavy atom. The SMILES string of the molecule is Cc1cccc(C2CCc3cnc(CCN)n3C2)c1. The van der Waals surface area contributed by atoms with Gasteiger partial charge >= 0.3 is 0 Å². The van der Waals surface area contributed by atoms with E-state index in [-0.39, 0.29) is 0 Å². The molecule has 0 saturated carbocycles. The minimum atomic E-state index is 0.609. The zero-order valence-corrected chi connectivity index (χ0v) is 11.5. The number of hydrogen-bond donors (Lipinski definition) is 1. The van der Waals surface area contributed by atoms with Gasteiger partial charge in [0, 0.05) is 30.8 Å². The summed E-state index contributed by atoms with van der Waals surface area (Å²) >= 11 is 0. The Hall–Kier alpha value is -1.61. The minimum Gasteiger partial charge on any atom is -0.331 e. The van der Waals surface area contributed by atoms with Crippen LogP contribution in [0, 0.1) is 6.92 Å². The Labute approximate surface area is 114 Å². The summed E-state index contributed by atoms with van der Waals surface area (Å²) < 4.78 is 2.38. The third kappa shape index (κ3) is 2.43. The third-order valence-electron chi connectivity index (χ3n) is 4.05. The van der Waals surface area contributed by atoms with Crippen molar-refractivity contribution in [1.29, 1.82) is 0 Å². The van der Waals surface area contributed by atoms with Gasteiger partial charge in [-0.3, -0.25) is 0 Å². The fraction of sp³-hybridized carbons (Fsp3) is 0.438. The largest absolute Gasteiger partial charge is 0.331 e. The van der Waals surface area contributed by atoms with E-state index in [2.05, 4.69) is 40.7 Å². The highest BCUT2D eigenvalue weighted by atomic mass is 15.1. The predicted molar refractivity (Wildman–Crippen MR) is 77.2 cm³/mol. The van der Waals surface area contributed by atoms with Crippen LogP contribution in [0.1, 0.15) is 35.0 Å². The summed E-state index contributed by atoms with van der Waals surface area (Å²) in [7, 11) is 0. The summed E-state index contributed by atoms with van der Waals surface area (Å²) in [5.41, 5.74) is 9.83. The topological polar surface area (TPSA) is 43.8 Å². The maximum absolute atomic E-state index is 5.67. The fourth-order valence-corrected chi connectivity index (χ4v) is 3.03. The summed E-state index contributed by atoms with van der Waals surface area (Å²) in [5.74, 6) is 1.76. The van der Waals surface area contributed by atoms with Crippen LogP contribution in [0.5, 0.6) is 0 Å². The molecule has 2 aromatic rings. The first kappa shape index (κ1) is 12.4. The number of nitrogens with zero attached hydrogens (tertiary/aromatic N) is 2. The van der Waals surface area contributed by atoms with Crippen molar-refractivity contribution in [2.75, 3.05) is 6.54 Å². The number of aryl methyl sites for hydroxylation is 2. The Balaban J connectivity index is 1.86. The quantitative estimate of drug-likeness (QED) is 0.915. The molecular formula is C16H21N3. The molecule has 3 nitrogen and oxygen atoms in total. The fourth-order valence-electron chi connectivity index (χ4n) is 3.03. The standard InChI is InChI=1S/C16H21N3/c1-12-3-2-4-13(9-12)14-5-6-15-10-18-16(7-8-17)19(15)11-14/h2-4,9-10,14H,5-8,11,17H2,1H3. The summed E-state index contributed by atoms with van der Waals surface area (Å²) in [6, 6.07) is 8.89. The second-order valence-electron chi connectivity index (χ2n) is 5.46. The monoisotopic (exact) mass is 255 g/mol. The molecule has 0 amide bonds. The summed E-state index contributed by atoms with van der Waals surface area (Å²) in [6.45, 7) is 3.88. The normalized spacial score (nSPS) is 18.3. The van der Waals surface area contributed by atoms with Gasteiger partial charge in [-0.15, -0.1) is 0 Å². The molecular weight excluding hydrogens is 234 g/mol. The van der Waals surface area contributed by atoms with E-state index in [4.69, 9.17) is 5.73 Å². The number of nitrogens with two attached hydrogens (primary N) is 1. The molecule has 1 aliphatic rings. The molecule has 1 atom stereocenters. The maximum atomic E-state index is 5.67. The second kappa shape index (κ2) is 5.17. The Bertz CT molecular complexity index is 571. The lowest BCUT2D eigenvalue weighted by atomic mass is 9.90. The number of benzene rings is 1. The number of imidazole rings is 1. The van der Waals surface area contributed by atoms with Crippen molar-refractivity contribution in [1.82, 2.24) is 9.55 Å². The lowest BCUT2D eigenvalue weighted by molar-refractivity contribution is 0.451. The van der Waals surface area contributed by atoms with Crippen molar-refractivity contribution in [3.8, 4) is 0 Å². The first-order chi connectivity index (χ1) is 9.28. The molecule has 2 heterocycles. The molecule has 1 aliphatic heterocycles. The molecule has 3 rings (SSSR count). The predicted octanol–water partition coefficient (Wildman–Crippen LogP) is 2.42. The van der Waals surface area contributed by atoms with Crippen LogP contribution in [-0.2, 0) is 19.4 Å². The molecule has 0 radical (unpaired) electrons. The lowest BCUT2D eigenvalue weighted by Crippen LogP contribution is -2.21. The molecule has 1 aromatic carbocycles. The van der Waals surface area contributed by atoms with Crippen molar-refractivity contribution in [3.05, 3.63) is 53.1 Å². The average molecular weight is 255 g/mol. The number of fused-ring (bicyclic) bond motifs is 1. The smallest absolute Gasteiger partial charge is 0.110 e. The molecule has 1 aromatic heterocycles. The van der Waals surface area contributed by atoms with Gasteiger partial charge in [-0.2, -0.15) is 0 Å². The molecule has 2 N–H and O–H groups in total. The van der Waals surface area contributed by atoms with Crippen molar-refractivity contribution >= 4 is 0 Å². The molecule has 19 heavy (non-hydrogen) atoms. The van der Waals surface area contributed by atoms with Crippen molar-refractivity contribution in [3.63, 3.8) is 0 Å². The van der Waals surface area contributed by atoms with Gasteiger partial charge in [-0.05, 0) is 31.9 Å². The van der Waals surface area contributed by atoms with E-state index in [9.17, 15) is 0 Å². The van der Waals surface area contributed by atoms with Crippen LogP contribution < -0.4 is 5.73 Å². The lowest BCUT2D eigenvalue weighted by Gasteiger charge is -2.26. The summed E-state index contributed by atoms with van der Waals surface area (Å²) in [4.78, 5) is 4.52. The summed E-state index contributed by atoms with van der Waals surface area (Å²) in [6.07, 6.45) is 5.24. The summed E-state index contributed by atoms with van der Waals surface area (Å²) in [5, 5.41) is 0. The highest BCUT2D eigenvalue weighted by Crippen LogP contribution is 2.30. The van der Waals surface area contributed by atoms with E-state index in [1.54, 1.807) is 0 Å². The van der Waals surface area contributed by atoms with Gasteiger partial charge in [0.15, 0.2) is 0 Å². The van der Waals surface area contributed by atoms with Gasteiger partial charge in [-0.1, -0.05) is 29.8 Å². The van der Waals surface area contributed by atoms with Gasteiger partial charge in [0.2, 0.25) is 0 Å².